The third-order valence-electron chi connectivity index (χ3n) is 3.83. The fourth-order valence-corrected chi connectivity index (χ4v) is 2.47. The summed E-state index contributed by atoms with van der Waals surface area (Å²) in [5.74, 6) is -0.203. The molecule has 1 aromatic heterocycles. The minimum atomic E-state index is -0.203. The molecule has 5 heteroatoms. The van der Waals surface area contributed by atoms with Crippen LogP contribution in [0.3, 0.4) is 0 Å². The van der Waals surface area contributed by atoms with Gasteiger partial charge in [0.25, 0.3) is 5.91 Å². The molecule has 2 aromatic rings. The predicted molar refractivity (Wildman–Crippen MR) is 101 cm³/mol. The van der Waals surface area contributed by atoms with Crippen LogP contribution in [0.2, 0.25) is 0 Å². The highest BCUT2D eigenvalue weighted by molar-refractivity contribution is 6.03. The van der Waals surface area contributed by atoms with Crippen LogP contribution in [0.5, 0.6) is 0 Å². The number of benzene rings is 1. The molecular formula is C19H26N4O. The SMILES string of the molecule is CCCNc1ccnc(C(=O)Nc2ccc(N(CC)CC)cc2)c1. The summed E-state index contributed by atoms with van der Waals surface area (Å²) < 4.78 is 0. The number of hydrogen-bond donors (Lipinski definition) is 2. The quantitative estimate of drug-likeness (QED) is 0.770. The fourth-order valence-electron chi connectivity index (χ4n) is 2.47. The molecule has 1 amide bonds. The highest BCUT2D eigenvalue weighted by atomic mass is 16.1. The van der Waals surface area contributed by atoms with Crippen LogP contribution in [0, 0.1) is 0 Å². The summed E-state index contributed by atoms with van der Waals surface area (Å²) in [7, 11) is 0. The number of pyridine rings is 1. The molecule has 2 rings (SSSR count). The molecular weight excluding hydrogens is 300 g/mol. The second-order valence-corrected chi connectivity index (χ2v) is 5.53. The van der Waals surface area contributed by atoms with Crippen LogP contribution < -0.4 is 15.5 Å². The van der Waals surface area contributed by atoms with Gasteiger partial charge in [0.15, 0.2) is 0 Å². The monoisotopic (exact) mass is 326 g/mol. The Labute approximate surface area is 144 Å². The minimum absolute atomic E-state index is 0.203. The molecule has 0 aliphatic carbocycles. The normalized spacial score (nSPS) is 10.3. The lowest BCUT2D eigenvalue weighted by Crippen LogP contribution is -2.21. The molecule has 0 aliphatic heterocycles. The molecule has 0 aliphatic rings. The Hall–Kier alpha value is -2.56. The van der Waals surface area contributed by atoms with Gasteiger partial charge in [-0.2, -0.15) is 0 Å². The van der Waals surface area contributed by atoms with E-state index in [9.17, 15) is 4.79 Å². The van der Waals surface area contributed by atoms with E-state index in [1.165, 1.54) is 0 Å². The van der Waals surface area contributed by atoms with Crippen molar-refractivity contribution >= 4 is 23.0 Å². The summed E-state index contributed by atoms with van der Waals surface area (Å²) in [6.45, 7) is 9.16. The molecule has 128 valence electrons. The Balaban J connectivity index is 2.04. The average Bonchev–Trinajstić information content (AvgIpc) is 2.62. The van der Waals surface area contributed by atoms with E-state index in [2.05, 4.69) is 41.3 Å². The number of nitrogens with one attached hydrogen (secondary N) is 2. The van der Waals surface area contributed by atoms with E-state index in [4.69, 9.17) is 0 Å². The molecule has 0 fully saturated rings. The van der Waals surface area contributed by atoms with E-state index in [1.807, 2.05) is 30.3 Å². The van der Waals surface area contributed by atoms with Crippen molar-refractivity contribution in [2.75, 3.05) is 35.2 Å². The first-order chi connectivity index (χ1) is 11.7. The van der Waals surface area contributed by atoms with E-state index in [1.54, 1.807) is 12.3 Å². The number of amides is 1. The van der Waals surface area contributed by atoms with E-state index >= 15 is 0 Å². The Bertz CT molecular complexity index is 651. The molecule has 0 saturated carbocycles. The predicted octanol–water partition coefficient (Wildman–Crippen LogP) is 4.00. The Morgan fingerprint density at radius 1 is 1.04 bits per heavy atom. The number of hydrogen-bond acceptors (Lipinski definition) is 4. The molecule has 0 radical (unpaired) electrons. The molecule has 0 saturated heterocycles. The third kappa shape index (κ3) is 4.72. The van der Waals surface area contributed by atoms with Crippen molar-refractivity contribution in [3.8, 4) is 0 Å². The van der Waals surface area contributed by atoms with Crippen LogP contribution in [0.15, 0.2) is 42.6 Å². The zero-order chi connectivity index (χ0) is 17.4. The first-order valence-electron chi connectivity index (χ1n) is 8.54. The summed E-state index contributed by atoms with van der Waals surface area (Å²) >= 11 is 0. The van der Waals surface area contributed by atoms with Crippen LogP contribution in [-0.4, -0.2) is 30.5 Å². The summed E-state index contributed by atoms with van der Waals surface area (Å²) in [5, 5.41) is 6.16. The van der Waals surface area contributed by atoms with Crippen LogP contribution in [0.4, 0.5) is 17.1 Å². The highest BCUT2D eigenvalue weighted by Crippen LogP contribution is 2.18. The largest absolute Gasteiger partial charge is 0.385 e. The highest BCUT2D eigenvalue weighted by Gasteiger charge is 2.09. The molecule has 2 N–H and O–H groups in total. The Kier molecular flexibility index (Phi) is 6.61. The van der Waals surface area contributed by atoms with Crippen molar-refractivity contribution in [3.05, 3.63) is 48.3 Å². The van der Waals surface area contributed by atoms with Gasteiger partial charge >= 0.3 is 0 Å². The summed E-state index contributed by atoms with van der Waals surface area (Å²) in [4.78, 5) is 18.8. The van der Waals surface area contributed by atoms with Gasteiger partial charge in [-0.3, -0.25) is 9.78 Å². The maximum atomic E-state index is 12.4. The van der Waals surface area contributed by atoms with Gasteiger partial charge in [-0.15, -0.1) is 0 Å². The molecule has 0 atom stereocenters. The number of carbonyl (C=O) groups is 1. The number of nitrogens with zero attached hydrogens (tertiary/aromatic N) is 2. The van der Waals surface area contributed by atoms with Gasteiger partial charge in [-0.05, 0) is 56.7 Å². The van der Waals surface area contributed by atoms with Gasteiger partial charge in [0.1, 0.15) is 5.69 Å². The van der Waals surface area contributed by atoms with Crippen LogP contribution >= 0.6 is 0 Å². The van der Waals surface area contributed by atoms with Crippen molar-refractivity contribution in [3.63, 3.8) is 0 Å². The van der Waals surface area contributed by atoms with Crippen molar-refractivity contribution in [1.82, 2.24) is 4.98 Å². The second kappa shape index (κ2) is 8.91. The van der Waals surface area contributed by atoms with Gasteiger partial charge in [0, 0.05) is 42.9 Å². The van der Waals surface area contributed by atoms with E-state index in [-0.39, 0.29) is 5.91 Å². The zero-order valence-electron chi connectivity index (χ0n) is 14.7. The first-order valence-corrected chi connectivity index (χ1v) is 8.54. The lowest BCUT2D eigenvalue weighted by atomic mass is 10.2. The van der Waals surface area contributed by atoms with E-state index in [0.717, 1.165) is 43.1 Å². The maximum absolute atomic E-state index is 12.4. The summed E-state index contributed by atoms with van der Waals surface area (Å²) in [6, 6.07) is 11.5. The average molecular weight is 326 g/mol. The number of aromatic nitrogens is 1. The molecule has 1 heterocycles. The van der Waals surface area contributed by atoms with Crippen LogP contribution in [0.25, 0.3) is 0 Å². The van der Waals surface area contributed by atoms with E-state index in [0.29, 0.717) is 5.69 Å². The summed E-state index contributed by atoms with van der Waals surface area (Å²) in [5.41, 5.74) is 3.24. The zero-order valence-corrected chi connectivity index (χ0v) is 14.7. The van der Waals surface area contributed by atoms with Crippen molar-refractivity contribution < 1.29 is 4.79 Å². The first kappa shape index (κ1) is 17.8. The standard InChI is InChI=1S/C19H26N4O/c1-4-12-20-16-11-13-21-18(14-16)19(24)22-15-7-9-17(10-8-15)23(5-2)6-3/h7-11,13-14H,4-6,12H2,1-3H3,(H,20,21)(H,22,24). The van der Waals surface area contributed by atoms with Gasteiger partial charge in [0.2, 0.25) is 0 Å². The lowest BCUT2D eigenvalue weighted by molar-refractivity contribution is 0.102. The molecule has 24 heavy (non-hydrogen) atoms. The van der Waals surface area contributed by atoms with Gasteiger partial charge in [-0.1, -0.05) is 6.92 Å². The minimum Gasteiger partial charge on any atom is -0.385 e. The van der Waals surface area contributed by atoms with Crippen molar-refractivity contribution in [2.24, 2.45) is 0 Å². The third-order valence-corrected chi connectivity index (χ3v) is 3.83. The summed E-state index contributed by atoms with van der Waals surface area (Å²) in [6.07, 6.45) is 2.68. The second-order valence-electron chi connectivity index (χ2n) is 5.53. The Morgan fingerprint density at radius 3 is 2.38 bits per heavy atom. The Morgan fingerprint density at radius 2 is 1.75 bits per heavy atom. The number of rotatable bonds is 8. The maximum Gasteiger partial charge on any atom is 0.274 e. The number of carbonyl (C=O) groups excluding carboxylic acids is 1. The van der Waals surface area contributed by atoms with Crippen LogP contribution in [0.1, 0.15) is 37.7 Å². The van der Waals surface area contributed by atoms with E-state index < -0.39 is 0 Å². The smallest absolute Gasteiger partial charge is 0.274 e. The van der Waals surface area contributed by atoms with Crippen molar-refractivity contribution in [1.29, 1.82) is 0 Å². The molecule has 5 nitrogen and oxygen atoms in total. The topological polar surface area (TPSA) is 57.3 Å². The van der Waals surface area contributed by atoms with Crippen molar-refractivity contribution in [2.45, 2.75) is 27.2 Å². The molecule has 0 unspecified atom stereocenters. The fraction of sp³-hybridized carbons (Fsp3) is 0.368. The molecule has 0 spiro atoms. The van der Waals surface area contributed by atoms with Crippen LogP contribution in [-0.2, 0) is 0 Å². The number of anilines is 3. The van der Waals surface area contributed by atoms with Gasteiger partial charge in [0.05, 0.1) is 0 Å². The lowest BCUT2D eigenvalue weighted by Gasteiger charge is -2.21. The van der Waals surface area contributed by atoms with Gasteiger partial charge < -0.3 is 15.5 Å². The van der Waals surface area contributed by atoms with Gasteiger partial charge in [-0.25, -0.2) is 0 Å². The molecule has 1 aromatic carbocycles. The molecule has 0 bridgehead atoms.